The predicted octanol–water partition coefficient (Wildman–Crippen LogP) is 2.71. The van der Waals surface area contributed by atoms with Gasteiger partial charge in [-0.1, -0.05) is 37.3 Å². The minimum Gasteiger partial charge on any atom is -0.352 e. The smallest absolute Gasteiger partial charge is 0.253 e. The molecule has 1 aromatic heterocycles. The van der Waals surface area contributed by atoms with Crippen LogP contribution in [0.3, 0.4) is 0 Å². The number of pyridine rings is 1. The lowest BCUT2D eigenvalue weighted by atomic mass is 10.1. The number of hydrogen-bond donors (Lipinski definition) is 2. The maximum absolute atomic E-state index is 12.3. The van der Waals surface area contributed by atoms with Crippen LogP contribution in [0.2, 0.25) is 0 Å². The number of carbonyl (C=O) groups is 2. The molecule has 0 fully saturated rings. The molecule has 0 saturated carbocycles. The molecule has 0 spiro atoms. The number of aromatic nitrogens is 1. The standard InChI is InChI=1S/C18H21N3O2/c1-3-9-20-17(22)15-10-16(12-19-11-15)18(23)21-13(2)14-7-5-4-6-8-14/h4-8,10-13H,3,9H2,1-2H3,(H,20,22)(H,21,23). The molecule has 1 atom stereocenters. The largest absolute Gasteiger partial charge is 0.352 e. The molecule has 120 valence electrons. The molecule has 0 aliphatic carbocycles. The first-order chi connectivity index (χ1) is 11.1. The Labute approximate surface area is 136 Å². The third-order valence-corrected chi connectivity index (χ3v) is 3.45. The molecule has 23 heavy (non-hydrogen) atoms. The first-order valence-corrected chi connectivity index (χ1v) is 7.71. The Morgan fingerprint density at radius 2 is 1.74 bits per heavy atom. The van der Waals surface area contributed by atoms with Crippen molar-refractivity contribution in [1.29, 1.82) is 0 Å². The molecule has 1 unspecified atom stereocenters. The summed E-state index contributed by atoms with van der Waals surface area (Å²) in [4.78, 5) is 28.3. The van der Waals surface area contributed by atoms with Crippen LogP contribution in [0.15, 0.2) is 48.8 Å². The maximum atomic E-state index is 12.3. The fraction of sp³-hybridized carbons (Fsp3) is 0.278. The third-order valence-electron chi connectivity index (χ3n) is 3.45. The summed E-state index contributed by atoms with van der Waals surface area (Å²) in [5.41, 5.74) is 1.78. The highest BCUT2D eigenvalue weighted by Gasteiger charge is 2.14. The van der Waals surface area contributed by atoms with E-state index in [-0.39, 0.29) is 17.9 Å². The molecule has 1 aromatic carbocycles. The van der Waals surface area contributed by atoms with E-state index in [9.17, 15) is 9.59 Å². The molecule has 1 heterocycles. The Morgan fingerprint density at radius 3 is 2.39 bits per heavy atom. The number of nitrogens with one attached hydrogen (secondary N) is 2. The molecule has 0 aliphatic rings. The monoisotopic (exact) mass is 311 g/mol. The van der Waals surface area contributed by atoms with Gasteiger partial charge in [-0.05, 0) is 25.0 Å². The van der Waals surface area contributed by atoms with E-state index in [0.29, 0.717) is 17.7 Å². The van der Waals surface area contributed by atoms with Gasteiger partial charge in [0.2, 0.25) is 0 Å². The van der Waals surface area contributed by atoms with E-state index < -0.39 is 0 Å². The topological polar surface area (TPSA) is 71.1 Å². The van der Waals surface area contributed by atoms with Crippen molar-refractivity contribution in [2.45, 2.75) is 26.3 Å². The SMILES string of the molecule is CCCNC(=O)c1cncc(C(=O)NC(C)c2ccccc2)c1. The first kappa shape index (κ1) is 16.7. The van der Waals surface area contributed by atoms with Crippen molar-refractivity contribution in [1.82, 2.24) is 15.6 Å². The van der Waals surface area contributed by atoms with Crippen molar-refractivity contribution < 1.29 is 9.59 Å². The van der Waals surface area contributed by atoms with Crippen LogP contribution in [0, 0.1) is 0 Å². The minimum absolute atomic E-state index is 0.124. The number of hydrogen-bond acceptors (Lipinski definition) is 3. The number of nitrogens with zero attached hydrogens (tertiary/aromatic N) is 1. The maximum Gasteiger partial charge on any atom is 0.253 e. The van der Waals surface area contributed by atoms with Crippen LogP contribution >= 0.6 is 0 Å². The van der Waals surface area contributed by atoms with Gasteiger partial charge in [-0.25, -0.2) is 0 Å². The molecule has 5 heteroatoms. The molecular formula is C18H21N3O2. The summed E-state index contributed by atoms with van der Waals surface area (Å²) in [7, 11) is 0. The summed E-state index contributed by atoms with van der Waals surface area (Å²) in [6.07, 6.45) is 3.78. The highest BCUT2D eigenvalue weighted by atomic mass is 16.2. The lowest BCUT2D eigenvalue weighted by Crippen LogP contribution is -2.28. The van der Waals surface area contributed by atoms with Crippen LogP contribution in [-0.4, -0.2) is 23.3 Å². The van der Waals surface area contributed by atoms with Crippen molar-refractivity contribution in [3.63, 3.8) is 0 Å². The van der Waals surface area contributed by atoms with E-state index in [1.54, 1.807) is 6.07 Å². The molecule has 2 rings (SSSR count). The van der Waals surface area contributed by atoms with E-state index in [4.69, 9.17) is 0 Å². The van der Waals surface area contributed by atoms with Crippen molar-refractivity contribution >= 4 is 11.8 Å². The zero-order chi connectivity index (χ0) is 16.7. The Balaban J connectivity index is 2.06. The molecule has 2 amide bonds. The molecule has 2 aromatic rings. The average molecular weight is 311 g/mol. The lowest BCUT2D eigenvalue weighted by Gasteiger charge is -2.14. The number of rotatable bonds is 6. The van der Waals surface area contributed by atoms with Gasteiger partial charge in [-0.3, -0.25) is 14.6 Å². The fourth-order valence-corrected chi connectivity index (χ4v) is 2.13. The average Bonchev–Trinajstić information content (AvgIpc) is 2.60. The van der Waals surface area contributed by atoms with Crippen LogP contribution in [-0.2, 0) is 0 Å². The second-order valence-corrected chi connectivity index (χ2v) is 5.32. The zero-order valence-electron chi connectivity index (χ0n) is 13.4. The van der Waals surface area contributed by atoms with Gasteiger partial charge in [0, 0.05) is 18.9 Å². The summed E-state index contributed by atoms with van der Waals surface area (Å²) >= 11 is 0. The van der Waals surface area contributed by atoms with E-state index in [1.807, 2.05) is 44.2 Å². The first-order valence-electron chi connectivity index (χ1n) is 7.71. The molecular weight excluding hydrogens is 290 g/mol. The summed E-state index contributed by atoms with van der Waals surface area (Å²) in [5.74, 6) is -0.468. The number of amides is 2. The molecule has 5 nitrogen and oxygen atoms in total. The van der Waals surface area contributed by atoms with Gasteiger partial charge in [0.15, 0.2) is 0 Å². The van der Waals surface area contributed by atoms with Gasteiger partial charge < -0.3 is 10.6 Å². The molecule has 0 saturated heterocycles. The Bertz CT molecular complexity index is 671. The molecule has 0 aliphatic heterocycles. The minimum atomic E-state index is -0.251. The normalized spacial score (nSPS) is 11.6. The van der Waals surface area contributed by atoms with E-state index in [1.165, 1.54) is 12.4 Å². The van der Waals surface area contributed by atoms with Crippen molar-refractivity contribution in [3.05, 3.63) is 65.5 Å². The molecule has 0 radical (unpaired) electrons. The van der Waals surface area contributed by atoms with Gasteiger partial charge in [0.25, 0.3) is 11.8 Å². The zero-order valence-corrected chi connectivity index (χ0v) is 13.4. The van der Waals surface area contributed by atoms with Gasteiger partial charge in [0.05, 0.1) is 17.2 Å². The second kappa shape index (κ2) is 8.08. The van der Waals surface area contributed by atoms with Crippen LogP contribution in [0.5, 0.6) is 0 Å². The fourth-order valence-electron chi connectivity index (χ4n) is 2.13. The summed E-state index contributed by atoms with van der Waals surface area (Å²) in [5, 5.41) is 5.68. The number of benzene rings is 1. The van der Waals surface area contributed by atoms with Crippen LogP contribution in [0.4, 0.5) is 0 Å². The van der Waals surface area contributed by atoms with Gasteiger partial charge in [-0.2, -0.15) is 0 Å². The second-order valence-electron chi connectivity index (χ2n) is 5.32. The van der Waals surface area contributed by atoms with Crippen LogP contribution < -0.4 is 10.6 Å². The Morgan fingerprint density at radius 1 is 1.09 bits per heavy atom. The van der Waals surface area contributed by atoms with Gasteiger partial charge in [-0.15, -0.1) is 0 Å². The van der Waals surface area contributed by atoms with E-state index >= 15 is 0 Å². The molecule has 2 N–H and O–H groups in total. The quantitative estimate of drug-likeness (QED) is 0.861. The van der Waals surface area contributed by atoms with E-state index in [0.717, 1.165) is 12.0 Å². The summed E-state index contributed by atoms with van der Waals surface area (Å²) < 4.78 is 0. The Hall–Kier alpha value is -2.69. The Kier molecular flexibility index (Phi) is 5.86. The highest BCUT2D eigenvalue weighted by Crippen LogP contribution is 2.12. The van der Waals surface area contributed by atoms with Crippen molar-refractivity contribution in [3.8, 4) is 0 Å². The van der Waals surface area contributed by atoms with Crippen molar-refractivity contribution in [2.75, 3.05) is 6.54 Å². The molecule has 0 bridgehead atoms. The highest BCUT2D eigenvalue weighted by molar-refractivity contribution is 5.99. The predicted molar refractivity (Wildman–Crippen MR) is 89.2 cm³/mol. The summed E-state index contributed by atoms with van der Waals surface area (Å²) in [6, 6.07) is 11.1. The van der Waals surface area contributed by atoms with Crippen LogP contribution in [0.1, 0.15) is 52.6 Å². The van der Waals surface area contributed by atoms with Crippen LogP contribution in [0.25, 0.3) is 0 Å². The summed E-state index contributed by atoms with van der Waals surface area (Å²) in [6.45, 7) is 4.49. The third kappa shape index (κ3) is 4.64. The van der Waals surface area contributed by atoms with Crippen molar-refractivity contribution in [2.24, 2.45) is 0 Å². The lowest BCUT2D eigenvalue weighted by molar-refractivity contribution is 0.0939. The van der Waals surface area contributed by atoms with Gasteiger partial charge >= 0.3 is 0 Å². The van der Waals surface area contributed by atoms with E-state index in [2.05, 4.69) is 15.6 Å². The number of carbonyl (C=O) groups excluding carboxylic acids is 2. The van der Waals surface area contributed by atoms with Gasteiger partial charge in [0.1, 0.15) is 0 Å².